The summed E-state index contributed by atoms with van der Waals surface area (Å²) in [6.07, 6.45) is 0.125. The molecule has 0 fully saturated rings. The first kappa shape index (κ1) is 21.7. The standard InChI is InChI=1S/C18H19Cl2N3O5/c1-11-4-2-5-12(10-11)23-18(27)16(20)15(19)17(22-23)28-9-3-8-21-13(24)6-7-14(25)26/h2,4-5,10H,3,6-9H2,1H3,(H,21,24)(H,25,26). The first-order valence-electron chi connectivity index (χ1n) is 8.46. The van der Waals surface area contributed by atoms with Crippen LogP contribution in [0.25, 0.3) is 5.69 Å². The Labute approximate surface area is 171 Å². The Bertz CT molecular complexity index is 930. The summed E-state index contributed by atoms with van der Waals surface area (Å²) in [4.78, 5) is 34.2. The van der Waals surface area contributed by atoms with Gasteiger partial charge >= 0.3 is 5.97 Å². The van der Waals surface area contributed by atoms with Crippen molar-refractivity contribution < 1.29 is 19.4 Å². The molecule has 10 heteroatoms. The highest BCUT2D eigenvalue weighted by atomic mass is 35.5. The van der Waals surface area contributed by atoms with Gasteiger partial charge in [0.1, 0.15) is 10.0 Å². The fourth-order valence-corrected chi connectivity index (χ4v) is 2.60. The molecule has 2 rings (SSSR count). The van der Waals surface area contributed by atoms with Crippen LogP contribution in [0.5, 0.6) is 5.88 Å². The van der Waals surface area contributed by atoms with E-state index in [1.54, 1.807) is 18.2 Å². The van der Waals surface area contributed by atoms with Crippen LogP contribution in [0.15, 0.2) is 29.1 Å². The highest BCUT2D eigenvalue weighted by Crippen LogP contribution is 2.27. The molecule has 8 nitrogen and oxygen atoms in total. The van der Waals surface area contributed by atoms with Gasteiger partial charge in [-0.3, -0.25) is 14.4 Å². The Morgan fingerprint density at radius 2 is 2.00 bits per heavy atom. The van der Waals surface area contributed by atoms with Gasteiger partial charge in [0.05, 0.1) is 18.7 Å². The number of carboxylic acids is 1. The van der Waals surface area contributed by atoms with E-state index in [1.165, 1.54) is 0 Å². The van der Waals surface area contributed by atoms with E-state index in [9.17, 15) is 14.4 Å². The number of carbonyl (C=O) groups excluding carboxylic acids is 1. The number of rotatable bonds is 9. The molecule has 1 aromatic carbocycles. The Hall–Kier alpha value is -2.58. The number of ether oxygens (including phenoxy) is 1. The van der Waals surface area contributed by atoms with Gasteiger partial charge in [0, 0.05) is 13.0 Å². The fourth-order valence-electron chi connectivity index (χ4n) is 2.27. The Morgan fingerprint density at radius 3 is 2.68 bits per heavy atom. The predicted octanol–water partition coefficient (Wildman–Crippen LogP) is 2.60. The van der Waals surface area contributed by atoms with Crippen LogP contribution >= 0.6 is 23.2 Å². The molecular weight excluding hydrogens is 409 g/mol. The van der Waals surface area contributed by atoms with E-state index in [2.05, 4.69) is 10.4 Å². The van der Waals surface area contributed by atoms with Crippen LogP contribution in [-0.2, 0) is 9.59 Å². The molecule has 0 saturated heterocycles. The number of aryl methyl sites for hydroxylation is 1. The minimum Gasteiger partial charge on any atom is -0.481 e. The summed E-state index contributed by atoms with van der Waals surface area (Å²) in [6.45, 7) is 2.34. The van der Waals surface area contributed by atoms with Gasteiger partial charge < -0.3 is 15.2 Å². The molecular formula is C18H19Cl2N3O5. The summed E-state index contributed by atoms with van der Waals surface area (Å²) in [7, 11) is 0. The second-order valence-corrected chi connectivity index (χ2v) is 6.69. The van der Waals surface area contributed by atoms with Gasteiger partial charge in [-0.2, -0.15) is 4.68 Å². The minimum absolute atomic E-state index is 0.00461. The lowest BCUT2D eigenvalue weighted by molar-refractivity contribution is -0.138. The normalized spacial score (nSPS) is 10.5. The SMILES string of the molecule is Cc1cccc(-n2nc(OCCCNC(=O)CCC(=O)O)c(Cl)c(Cl)c2=O)c1. The quantitative estimate of drug-likeness (QED) is 0.594. The number of hydrogen-bond donors (Lipinski definition) is 2. The number of amides is 1. The highest BCUT2D eigenvalue weighted by molar-refractivity contribution is 6.42. The van der Waals surface area contributed by atoms with Crippen LogP contribution in [0.3, 0.4) is 0 Å². The lowest BCUT2D eigenvalue weighted by atomic mass is 10.2. The van der Waals surface area contributed by atoms with Crippen molar-refractivity contribution in [2.24, 2.45) is 0 Å². The van der Waals surface area contributed by atoms with Gasteiger partial charge in [0.15, 0.2) is 0 Å². The first-order chi connectivity index (χ1) is 13.3. The zero-order valence-corrected chi connectivity index (χ0v) is 16.6. The van der Waals surface area contributed by atoms with Crippen molar-refractivity contribution in [3.63, 3.8) is 0 Å². The van der Waals surface area contributed by atoms with Crippen LogP contribution in [0.1, 0.15) is 24.8 Å². The van der Waals surface area contributed by atoms with E-state index in [4.69, 9.17) is 33.0 Å². The first-order valence-corrected chi connectivity index (χ1v) is 9.22. The lowest BCUT2D eigenvalue weighted by Crippen LogP contribution is -2.26. The summed E-state index contributed by atoms with van der Waals surface area (Å²) >= 11 is 12.1. The largest absolute Gasteiger partial charge is 0.481 e. The molecule has 1 heterocycles. The monoisotopic (exact) mass is 427 g/mol. The minimum atomic E-state index is -1.03. The second-order valence-electron chi connectivity index (χ2n) is 5.93. The number of halogens is 2. The number of hydrogen-bond acceptors (Lipinski definition) is 5. The molecule has 1 aromatic heterocycles. The van der Waals surface area contributed by atoms with Crippen molar-refractivity contribution in [2.75, 3.05) is 13.2 Å². The van der Waals surface area contributed by atoms with Crippen molar-refractivity contribution in [3.05, 3.63) is 50.2 Å². The predicted molar refractivity (Wildman–Crippen MR) is 105 cm³/mol. The summed E-state index contributed by atoms with van der Waals surface area (Å²) in [5.41, 5.74) is 0.910. The lowest BCUT2D eigenvalue weighted by Gasteiger charge is -2.12. The topological polar surface area (TPSA) is 111 Å². The maximum atomic E-state index is 12.4. The molecule has 2 aromatic rings. The van der Waals surface area contributed by atoms with Gasteiger partial charge in [0.25, 0.3) is 11.4 Å². The molecule has 1 amide bonds. The van der Waals surface area contributed by atoms with Gasteiger partial charge in [-0.1, -0.05) is 35.3 Å². The van der Waals surface area contributed by atoms with Crippen LogP contribution < -0.4 is 15.6 Å². The molecule has 0 radical (unpaired) electrons. The van der Waals surface area contributed by atoms with Gasteiger partial charge in [-0.15, -0.1) is 5.10 Å². The van der Waals surface area contributed by atoms with Gasteiger partial charge in [-0.05, 0) is 31.0 Å². The molecule has 0 unspecified atom stereocenters. The van der Waals surface area contributed by atoms with E-state index in [0.29, 0.717) is 18.7 Å². The molecule has 0 aliphatic carbocycles. The Kier molecular flexibility index (Phi) is 7.83. The zero-order chi connectivity index (χ0) is 20.7. The number of aromatic nitrogens is 2. The molecule has 0 saturated carbocycles. The number of nitrogens with zero attached hydrogens (tertiary/aromatic N) is 2. The van der Waals surface area contributed by atoms with Crippen LogP contribution in [0, 0.1) is 6.92 Å². The summed E-state index contributed by atoms with van der Waals surface area (Å²) in [5.74, 6) is -1.38. The van der Waals surface area contributed by atoms with Crippen LogP contribution in [-0.4, -0.2) is 39.9 Å². The zero-order valence-electron chi connectivity index (χ0n) is 15.1. The molecule has 150 valence electrons. The average molecular weight is 428 g/mol. The van der Waals surface area contributed by atoms with Gasteiger partial charge in [-0.25, -0.2) is 0 Å². The maximum Gasteiger partial charge on any atom is 0.303 e. The number of benzene rings is 1. The fraction of sp³-hybridized carbons (Fsp3) is 0.333. The van der Waals surface area contributed by atoms with E-state index in [0.717, 1.165) is 10.2 Å². The molecule has 2 N–H and O–H groups in total. The number of carboxylic acid groups (broad SMARTS) is 1. The molecule has 0 aliphatic rings. The third kappa shape index (κ3) is 5.97. The third-order valence-electron chi connectivity index (χ3n) is 3.65. The smallest absolute Gasteiger partial charge is 0.303 e. The van der Waals surface area contributed by atoms with E-state index in [-0.39, 0.29) is 41.3 Å². The number of nitrogens with one attached hydrogen (secondary N) is 1. The molecule has 0 aliphatic heterocycles. The van der Waals surface area contributed by atoms with Crippen molar-refractivity contribution >= 4 is 35.1 Å². The van der Waals surface area contributed by atoms with E-state index >= 15 is 0 Å². The average Bonchev–Trinajstić information content (AvgIpc) is 2.65. The van der Waals surface area contributed by atoms with Crippen LogP contribution in [0.4, 0.5) is 0 Å². The summed E-state index contributed by atoms with van der Waals surface area (Å²) in [6, 6.07) is 7.15. The molecule has 0 bridgehead atoms. The van der Waals surface area contributed by atoms with Crippen molar-refractivity contribution in [3.8, 4) is 11.6 Å². The maximum absolute atomic E-state index is 12.4. The van der Waals surface area contributed by atoms with Crippen molar-refractivity contribution in [1.82, 2.24) is 15.1 Å². The van der Waals surface area contributed by atoms with Crippen LogP contribution in [0.2, 0.25) is 10.0 Å². The van der Waals surface area contributed by atoms with Gasteiger partial charge in [0.2, 0.25) is 5.91 Å². The molecule has 0 atom stereocenters. The van der Waals surface area contributed by atoms with Crippen molar-refractivity contribution in [2.45, 2.75) is 26.2 Å². The molecule has 0 spiro atoms. The Morgan fingerprint density at radius 1 is 1.25 bits per heavy atom. The van der Waals surface area contributed by atoms with Crippen molar-refractivity contribution in [1.29, 1.82) is 0 Å². The second kappa shape index (κ2) is 10.1. The highest BCUT2D eigenvalue weighted by Gasteiger charge is 2.16. The molecule has 28 heavy (non-hydrogen) atoms. The summed E-state index contributed by atoms with van der Waals surface area (Å²) in [5, 5.41) is 15.0. The van der Waals surface area contributed by atoms with E-state index in [1.807, 2.05) is 13.0 Å². The van der Waals surface area contributed by atoms with E-state index < -0.39 is 11.5 Å². The summed E-state index contributed by atoms with van der Waals surface area (Å²) < 4.78 is 6.63. The third-order valence-corrected chi connectivity index (χ3v) is 4.44. The number of aliphatic carboxylic acids is 1. The number of carbonyl (C=O) groups is 2. The Balaban J connectivity index is 1.99.